The molecule has 4 aliphatic rings. The van der Waals surface area contributed by atoms with Gasteiger partial charge in [-0.3, -0.25) is 4.55 Å². The highest BCUT2D eigenvalue weighted by Crippen LogP contribution is 2.68. The van der Waals surface area contributed by atoms with Gasteiger partial charge in [0, 0.05) is 0 Å². The Morgan fingerprint density at radius 3 is 2.43 bits per heavy atom. The molecule has 0 aliphatic heterocycles. The number of fused-ring (bicyclic) bond motifs is 5. The molecule has 4 saturated carbocycles. The summed E-state index contributed by atoms with van der Waals surface area (Å²) in [5.41, 5.74) is 0.835. The number of aliphatic hydroxyl groups excluding tert-OH is 1. The maximum absolute atomic E-state index is 10.8. The molecule has 9 atom stereocenters. The van der Waals surface area contributed by atoms with Gasteiger partial charge in [0.1, 0.15) is 0 Å². The molecule has 4 aliphatic carbocycles. The molecule has 0 radical (unpaired) electrons. The highest BCUT2D eigenvalue weighted by Gasteiger charge is 2.60. The summed E-state index contributed by atoms with van der Waals surface area (Å²) < 4.78 is 34.8. The van der Waals surface area contributed by atoms with Crippen LogP contribution >= 0.6 is 0 Å². The fourth-order valence-electron chi connectivity index (χ4n) is 8.98. The van der Waals surface area contributed by atoms with Gasteiger partial charge in [-0.25, -0.2) is 4.18 Å². The minimum Gasteiger partial charge on any atom is -0.393 e. The predicted molar refractivity (Wildman–Crippen MR) is 117 cm³/mol. The van der Waals surface area contributed by atoms with E-state index in [-0.39, 0.29) is 12.7 Å². The quantitative estimate of drug-likeness (QED) is 0.434. The molecule has 30 heavy (non-hydrogen) atoms. The standard InChI is InChI=1S/C24H42O5S/c1-16(5-4-14-29-30(26,27)28)20-8-9-21-19-7-6-17-15-18(25)10-12-23(17,2)22(19)11-13-24(20,21)3/h16-22,25H,4-15H2,1-3H3,(H,26,27,28)/t16-,17?,18+,19+,20?,21?,22?,23?,24?/m1/s1. The monoisotopic (exact) mass is 442 g/mol. The SMILES string of the molecule is C[C@H](CCCOS(=O)(=O)O)C1CCC2[C@@H]3CCC4C[C@@H](O)CCC4(C)C3CCC21C. The molecule has 0 aromatic carbocycles. The number of hydrogen-bond donors (Lipinski definition) is 2. The van der Waals surface area contributed by atoms with E-state index in [0.717, 1.165) is 37.0 Å². The molecule has 0 saturated heterocycles. The van der Waals surface area contributed by atoms with Crippen LogP contribution in [-0.4, -0.2) is 30.8 Å². The molecule has 0 bridgehead atoms. The molecular weight excluding hydrogens is 400 g/mol. The molecule has 0 amide bonds. The second kappa shape index (κ2) is 8.31. The number of hydrogen-bond acceptors (Lipinski definition) is 4. The highest BCUT2D eigenvalue weighted by atomic mass is 32.3. The molecule has 0 spiro atoms. The molecule has 0 heterocycles. The van der Waals surface area contributed by atoms with E-state index in [1.54, 1.807) is 0 Å². The zero-order valence-electron chi connectivity index (χ0n) is 19.1. The van der Waals surface area contributed by atoms with Crippen molar-refractivity contribution in [1.82, 2.24) is 0 Å². The highest BCUT2D eigenvalue weighted by molar-refractivity contribution is 7.80. The van der Waals surface area contributed by atoms with Crippen molar-refractivity contribution in [2.75, 3.05) is 6.61 Å². The van der Waals surface area contributed by atoms with Crippen molar-refractivity contribution >= 4 is 10.4 Å². The maximum Gasteiger partial charge on any atom is 0.397 e. The van der Waals surface area contributed by atoms with Crippen LogP contribution in [0.5, 0.6) is 0 Å². The first-order valence-corrected chi connectivity index (χ1v) is 13.7. The molecule has 4 fully saturated rings. The number of aliphatic hydroxyl groups is 1. The zero-order chi connectivity index (χ0) is 21.7. The van der Waals surface area contributed by atoms with Crippen molar-refractivity contribution in [2.24, 2.45) is 46.3 Å². The van der Waals surface area contributed by atoms with Gasteiger partial charge in [-0.2, -0.15) is 8.42 Å². The fraction of sp³-hybridized carbons (Fsp3) is 1.00. The van der Waals surface area contributed by atoms with Crippen LogP contribution in [0.4, 0.5) is 0 Å². The zero-order valence-corrected chi connectivity index (χ0v) is 19.9. The Kier molecular flexibility index (Phi) is 6.37. The van der Waals surface area contributed by atoms with Gasteiger partial charge in [0.25, 0.3) is 0 Å². The van der Waals surface area contributed by atoms with Gasteiger partial charge >= 0.3 is 10.4 Å². The van der Waals surface area contributed by atoms with Crippen LogP contribution in [-0.2, 0) is 14.6 Å². The summed E-state index contributed by atoms with van der Waals surface area (Å²) in [6.45, 7) is 7.51. The van der Waals surface area contributed by atoms with Crippen molar-refractivity contribution < 1.29 is 22.3 Å². The molecule has 6 unspecified atom stereocenters. The predicted octanol–water partition coefficient (Wildman–Crippen LogP) is 5.24. The first-order valence-electron chi connectivity index (χ1n) is 12.3. The van der Waals surface area contributed by atoms with Crippen LogP contribution < -0.4 is 0 Å². The van der Waals surface area contributed by atoms with Crippen LogP contribution in [0.15, 0.2) is 0 Å². The van der Waals surface area contributed by atoms with Crippen molar-refractivity contribution in [2.45, 2.75) is 97.5 Å². The lowest BCUT2D eigenvalue weighted by Gasteiger charge is -2.61. The molecule has 174 valence electrons. The lowest BCUT2D eigenvalue weighted by molar-refractivity contribution is -0.129. The average Bonchev–Trinajstić information content (AvgIpc) is 3.02. The Balaban J connectivity index is 1.41. The van der Waals surface area contributed by atoms with Gasteiger partial charge in [0.15, 0.2) is 0 Å². The average molecular weight is 443 g/mol. The third kappa shape index (κ3) is 4.11. The first kappa shape index (κ1) is 23.0. The molecule has 4 rings (SSSR count). The molecular formula is C24H42O5S. The first-order chi connectivity index (χ1) is 14.0. The van der Waals surface area contributed by atoms with Gasteiger partial charge in [-0.15, -0.1) is 0 Å². The third-order valence-corrected chi connectivity index (χ3v) is 10.9. The van der Waals surface area contributed by atoms with Gasteiger partial charge in [-0.05, 0) is 117 Å². The second-order valence-corrected chi connectivity index (χ2v) is 12.8. The van der Waals surface area contributed by atoms with Crippen LogP contribution in [0.3, 0.4) is 0 Å². The Hall–Kier alpha value is -0.170. The summed E-state index contributed by atoms with van der Waals surface area (Å²) in [5, 5.41) is 10.2. The van der Waals surface area contributed by atoms with E-state index in [1.807, 2.05) is 0 Å². The minimum atomic E-state index is -4.32. The molecule has 6 heteroatoms. The van der Waals surface area contributed by atoms with Crippen LogP contribution in [0.25, 0.3) is 0 Å². The Bertz CT molecular complexity index is 723. The van der Waals surface area contributed by atoms with E-state index in [0.29, 0.717) is 35.0 Å². The largest absolute Gasteiger partial charge is 0.397 e. The topological polar surface area (TPSA) is 83.8 Å². The van der Waals surface area contributed by atoms with E-state index in [4.69, 9.17) is 4.55 Å². The van der Waals surface area contributed by atoms with E-state index in [1.165, 1.54) is 44.9 Å². The lowest BCUT2D eigenvalue weighted by Crippen LogP contribution is -2.54. The molecule has 0 aromatic heterocycles. The number of rotatable bonds is 6. The van der Waals surface area contributed by atoms with Crippen LogP contribution in [0.2, 0.25) is 0 Å². The van der Waals surface area contributed by atoms with E-state index >= 15 is 0 Å². The summed E-state index contributed by atoms with van der Waals surface area (Å²) in [6, 6.07) is 0. The summed E-state index contributed by atoms with van der Waals surface area (Å²) in [6.07, 6.45) is 12.7. The van der Waals surface area contributed by atoms with Crippen LogP contribution in [0.1, 0.15) is 91.4 Å². The summed E-state index contributed by atoms with van der Waals surface area (Å²) in [4.78, 5) is 0. The summed E-state index contributed by atoms with van der Waals surface area (Å²) >= 11 is 0. The van der Waals surface area contributed by atoms with Gasteiger partial charge in [-0.1, -0.05) is 20.8 Å². The molecule has 2 N–H and O–H groups in total. The minimum absolute atomic E-state index is 0.0741. The normalized spacial score (nSPS) is 47.2. The Labute approximate surface area is 183 Å². The van der Waals surface area contributed by atoms with E-state index < -0.39 is 10.4 Å². The van der Waals surface area contributed by atoms with Crippen molar-refractivity contribution in [3.63, 3.8) is 0 Å². The Morgan fingerprint density at radius 2 is 1.70 bits per heavy atom. The maximum atomic E-state index is 10.8. The van der Waals surface area contributed by atoms with Crippen molar-refractivity contribution in [3.8, 4) is 0 Å². The molecule has 5 nitrogen and oxygen atoms in total. The fourth-order valence-corrected chi connectivity index (χ4v) is 9.31. The van der Waals surface area contributed by atoms with E-state index in [9.17, 15) is 13.5 Å². The lowest BCUT2D eigenvalue weighted by atomic mass is 9.44. The van der Waals surface area contributed by atoms with Crippen LogP contribution in [0, 0.1) is 46.3 Å². The van der Waals surface area contributed by atoms with E-state index in [2.05, 4.69) is 25.0 Å². The Morgan fingerprint density at radius 1 is 1.00 bits per heavy atom. The second-order valence-electron chi connectivity index (χ2n) is 11.7. The van der Waals surface area contributed by atoms with Gasteiger partial charge in [0.2, 0.25) is 0 Å². The van der Waals surface area contributed by atoms with Gasteiger partial charge < -0.3 is 5.11 Å². The summed E-state index contributed by atoms with van der Waals surface area (Å²) in [7, 11) is -4.32. The van der Waals surface area contributed by atoms with Crippen molar-refractivity contribution in [3.05, 3.63) is 0 Å². The van der Waals surface area contributed by atoms with Crippen molar-refractivity contribution in [1.29, 1.82) is 0 Å². The third-order valence-electron chi connectivity index (χ3n) is 10.4. The molecule has 0 aromatic rings. The summed E-state index contributed by atoms with van der Waals surface area (Å²) in [5.74, 6) is 4.47. The van der Waals surface area contributed by atoms with Gasteiger partial charge in [0.05, 0.1) is 12.7 Å². The smallest absolute Gasteiger partial charge is 0.393 e.